The van der Waals surface area contributed by atoms with Crippen molar-refractivity contribution in [3.05, 3.63) is 27.8 Å². The Balaban J connectivity index is 2.74. The summed E-state index contributed by atoms with van der Waals surface area (Å²) in [6.45, 7) is 0. The van der Waals surface area contributed by atoms with E-state index < -0.39 is 12.9 Å². The molecule has 0 bridgehead atoms. The molecule has 0 unspecified atom stereocenters. The molecule has 0 fully saturated rings. The molecule has 1 heterocycles. The lowest BCUT2D eigenvalue weighted by atomic mass is 9.80. The van der Waals surface area contributed by atoms with E-state index >= 15 is 0 Å². The smallest absolute Gasteiger partial charge is 0.423 e. The van der Waals surface area contributed by atoms with Crippen molar-refractivity contribution in [3.8, 4) is 0 Å². The van der Waals surface area contributed by atoms with E-state index in [1.54, 1.807) is 12.1 Å². The summed E-state index contributed by atoms with van der Waals surface area (Å²) in [5.74, 6) is -0.562. The zero-order valence-corrected chi connectivity index (χ0v) is 9.27. The average Bonchev–Trinajstić information content (AvgIpc) is 2.46. The van der Waals surface area contributed by atoms with Gasteiger partial charge in [0, 0.05) is 5.46 Å². The highest BCUT2D eigenvalue weighted by atomic mass is 79.9. The number of rotatable bonds is 1. The zero-order chi connectivity index (χ0) is 10.3. The molecule has 0 aliphatic heterocycles. The molecule has 0 aliphatic carbocycles. The molecule has 0 amide bonds. The van der Waals surface area contributed by atoms with Gasteiger partial charge in [-0.25, -0.2) is 4.39 Å². The van der Waals surface area contributed by atoms with E-state index in [9.17, 15) is 4.39 Å². The summed E-state index contributed by atoms with van der Waals surface area (Å²) >= 11 is 4.48. The van der Waals surface area contributed by atoms with Crippen LogP contribution in [-0.4, -0.2) is 17.2 Å². The summed E-state index contributed by atoms with van der Waals surface area (Å²) in [5, 5.41) is 18.5. The first-order valence-electron chi connectivity index (χ1n) is 3.83. The van der Waals surface area contributed by atoms with Gasteiger partial charge in [-0.3, -0.25) is 0 Å². The fourth-order valence-corrected chi connectivity index (χ4v) is 2.82. The largest absolute Gasteiger partial charge is 0.491 e. The minimum atomic E-state index is -1.76. The molecule has 1 aromatic carbocycles. The maximum absolute atomic E-state index is 13.6. The van der Waals surface area contributed by atoms with E-state index in [1.165, 1.54) is 17.4 Å². The normalized spacial score (nSPS) is 10.9. The number of fused-ring (bicyclic) bond motifs is 1. The van der Waals surface area contributed by atoms with Crippen molar-refractivity contribution in [1.82, 2.24) is 0 Å². The fourth-order valence-electron chi connectivity index (χ4n) is 1.25. The van der Waals surface area contributed by atoms with Crippen LogP contribution in [0, 0.1) is 5.82 Å². The molecule has 6 heteroatoms. The van der Waals surface area contributed by atoms with Crippen LogP contribution in [0.5, 0.6) is 0 Å². The quantitative estimate of drug-likeness (QED) is 0.774. The number of benzene rings is 1. The van der Waals surface area contributed by atoms with Gasteiger partial charge in [0.05, 0.1) is 8.49 Å². The summed E-state index contributed by atoms with van der Waals surface area (Å²) in [6, 6.07) is 4.83. The van der Waals surface area contributed by atoms with E-state index in [4.69, 9.17) is 10.0 Å². The Labute approximate surface area is 92.3 Å². The van der Waals surface area contributed by atoms with E-state index in [0.29, 0.717) is 4.70 Å². The summed E-state index contributed by atoms with van der Waals surface area (Å²) in [6.07, 6.45) is 0. The number of halogens is 2. The number of hydrogen-bond acceptors (Lipinski definition) is 3. The number of hydrogen-bond donors (Lipinski definition) is 2. The highest BCUT2D eigenvalue weighted by molar-refractivity contribution is 9.11. The molecule has 0 aliphatic rings. The minimum Gasteiger partial charge on any atom is -0.423 e. The van der Waals surface area contributed by atoms with Crippen LogP contribution >= 0.6 is 27.3 Å². The average molecular weight is 275 g/mol. The van der Waals surface area contributed by atoms with Crippen molar-refractivity contribution in [2.45, 2.75) is 0 Å². The molecule has 0 spiro atoms. The molecule has 1 aromatic heterocycles. The van der Waals surface area contributed by atoms with Crippen molar-refractivity contribution in [2.75, 3.05) is 0 Å². The summed E-state index contributed by atoms with van der Waals surface area (Å²) in [7, 11) is -1.76. The lowest BCUT2D eigenvalue weighted by Gasteiger charge is -2.01. The molecule has 0 atom stereocenters. The van der Waals surface area contributed by atoms with Crippen LogP contribution in [0.25, 0.3) is 10.1 Å². The Morgan fingerprint density at radius 1 is 1.36 bits per heavy atom. The zero-order valence-electron chi connectivity index (χ0n) is 6.87. The first-order valence-corrected chi connectivity index (χ1v) is 5.44. The van der Waals surface area contributed by atoms with Crippen LogP contribution in [0.4, 0.5) is 4.39 Å². The van der Waals surface area contributed by atoms with Gasteiger partial charge in [-0.2, -0.15) is 0 Å². The topological polar surface area (TPSA) is 40.5 Å². The van der Waals surface area contributed by atoms with E-state index in [1.807, 2.05) is 0 Å². The molecule has 0 radical (unpaired) electrons. The van der Waals surface area contributed by atoms with Crippen LogP contribution in [0.1, 0.15) is 0 Å². The molecular formula is C8H5BBrFO2S. The number of thiophene rings is 1. The van der Waals surface area contributed by atoms with Crippen molar-refractivity contribution in [1.29, 1.82) is 0 Å². The molecule has 14 heavy (non-hydrogen) atoms. The van der Waals surface area contributed by atoms with Gasteiger partial charge in [0.1, 0.15) is 5.82 Å². The second-order valence-electron chi connectivity index (χ2n) is 2.81. The minimum absolute atomic E-state index is 0.0909. The lowest BCUT2D eigenvalue weighted by Crippen LogP contribution is -2.32. The Morgan fingerprint density at radius 3 is 2.71 bits per heavy atom. The summed E-state index contributed by atoms with van der Waals surface area (Å²) in [4.78, 5) is 0. The van der Waals surface area contributed by atoms with Gasteiger partial charge in [0.15, 0.2) is 0 Å². The third-order valence-corrected chi connectivity index (χ3v) is 3.55. The van der Waals surface area contributed by atoms with Crippen molar-refractivity contribution in [2.24, 2.45) is 0 Å². The maximum Gasteiger partial charge on any atom is 0.491 e. The highest BCUT2D eigenvalue weighted by Crippen LogP contribution is 2.30. The van der Waals surface area contributed by atoms with E-state index in [-0.39, 0.29) is 5.46 Å². The van der Waals surface area contributed by atoms with Gasteiger partial charge < -0.3 is 10.0 Å². The first-order chi connectivity index (χ1) is 6.59. The van der Waals surface area contributed by atoms with Crippen LogP contribution in [0.3, 0.4) is 0 Å². The highest BCUT2D eigenvalue weighted by Gasteiger charge is 2.19. The van der Waals surface area contributed by atoms with Crippen molar-refractivity contribution in [3.63, 3.8) is 0 Å². The maximum atomic E-state index is 13.6. The monoisotopic (exact) mass is 274 g/mol. The van der Waals surface area contributed by atoms with Gasteiger partial charge in [-0.05, 0) is 27.4 Å². The Morgan fingerprint density at radius 2 is 2.07 bits per heavy atom. The standard InChI is InChI=1S/C8H5BBrFO2S/c10-6-3-4-1-2-5(9(12)13)7(11)8(4)14-6/h1-3,12-13H. The van der Waals surface area contributed by atoms with Gasteiger partial charge in [-0.15, -0.1) is 11.3 Å². The van der Waals surface area contributed by atoms with E-state index in [0.717, 1.165) is 9.17 Å². The van der Waals surface area contributed by atoms with Gasteiger partial charge in [0.2, 0.25) is 0 Å². The van der Waals surface area contributed by atoms with Crippen molar-refractivity contribution < 1.29 is 14.4 Å². The van der Waals surface area contributed by atoms with Gasteiger partial charge in [-0.1, -0.05) is 12.1 Å². The Bertz CT molecular complexity index is 485. The lowest BCUT2D eigenvalue weighted by molar-refractivity contribution is 0.423. The van der Waals surface area contributed by atoms with Crippen LogP contribution in [-0.2, 0) is 0 Å². The van der Waals surface area contributed by atoms with Crippen molar-refractivity contribution >= 4 is 49.9 Å². The molecule has 2 N–H and O–H groups in total. The second-order valence-corrected chi connectivity index (χ2v) is 5.24. The third kappa shape index (κ3) is 1.59. The van der Waals surface area contributed by atoms with E-state index in [2.05, 4.69) is 15.9 Å². The molecular weight excluding hydrogens is 270 g/mol. The molecule has 2 rings (SSSR count). The first kappa shape index (κ1) is 10.1. The molecule has 0 saturated heterocycles. The Kier molecular flexibility index (Phi) is 2.61. The third-order valence-electron chi connectivity index (χ3n) is 1.90. The molecule has 2 aromatic rings. The molecule has 72 valence electrons. The predicted molar refractivity (Wildman–Crippen MR) is 59.3 cm³/mol. The van der Waals surface area contributed by atoms with Crippen LogP contribution in [0.15, 0.2) is 22.0 Å². The predicted octanol–water partition coefficient (Wildman–Crippen LogP) is 1.48. The second kappa shape index (κ2) is 3.62. The van der Waals surface area contributed by atoms with Gasteiger partial charge >= 0.3 is 7.12 Å². The SMILES string of the molecule is OB(O)c1ccc2cc(Br)sc2c1F. The summed E-state index contributed by atoms with van der Waals surface area (Å²) in [5.41, 5.74) is -0.0909. The summed E-state index contributed by atoms with van der Waals surface area (Å²) < 4.78 is 14.9. The van der Waals surface area contributed by atoms with Gasteiger partial charge in [0.25, 0.3) is 0 Å². The van der Waals surface area contributed by atoms with Crippen LogP contribution < -0.4 is 5.46 Å². The Hall–Kier alpha value is -0.425. The van der Waals surface area contributed by atoms with Crippen LogP contribution in [0.2, 0.25) is 0 Å². The fraction of sp³-hybridized carbons (Fsp3) is 0. The molecule has 0 saturated carbocycles. The molecule has 2 nitrogen and oxygen atoms in total.